The summed E-state index contributed by atoms with van der Waals surface area (Å²) in [4.78, 5) is 29.0. The van der Waals surface area contributed by atoms with Crippen LogP contribution in [-0.4, -0.2) is 50.7 Å². The fourth-order valence-electron chi connectivity index (χ4n) is 3.07. The van der Waals surface area contributed by atoms with Crippen LogP contribution in [0.4, 0.5) is 10.6 Å². The first-order chi connectivity index (χ1) is 12.8. The Morgan fingerprint density at radius 2 is 1.96 bits per heavy atom. The van der Waals surface area contributed by atoms with E-state index < -0.39 is 5.60 Å². The van der Waals surface area contributed by atoms with Gasteiger partial charge in [0.15, 0.2) is 6.29 Å². The zero-order valence-corrected chi connectivity index (χ0v) is 15.9. The Hall–Kier alpha value is -2.90. The van der Waals surface area contributed by atoms with Crippen molar-refractivity contribution in [2.75, 3.05) is 18.8 Å². The van der Waals surface area contributed by atoms with Crippen molar-refractivity contribution in [1.82, 2.24) is 19.7 Å². The van der Waals surface area contributed by atoms with Crippen molar-refractivity contribution >= 4 is 18.2 Å². The maximum atomic E-state index is 12.2. The van der Waals surface area contributed by atoms with E-state index in [2.05, 4.69) is 10.1 Å². The number of likely N-dealkylation sites (tertiary alicyclic amines) is 1. The number of carbonyl (C=O) groups is 2. The summed E-state index contributed by atoms with van der Waals surface area (Å²) in [5.41, 5.74) is 7.22. The summed E-state index contributed by atoms with van der Waals surface area (Å²) < 4.78 is 7.35. The number of ether oxygens (including phenoxy) is 1. The van der Waals surface area contributed by atoms with Crippen LogP contribution in [0.3, 0.4) is 0 Å². The number of nitrogens with zero attached hydrogens (tertiary/aromatic N) is 4. The molecule has 0 saturated carbocycles. The number of nitrogens with two attached hydrogens (primary N) is 1. The van der Waals surface area contributed by atoms with Crippen molar-refractivity contribution < 1.29 is 14.3 Å². The molecule has 8 nitrogen and oxygen atoms in total. The van der Waals surface area contributed by atoms with Crippen molar-refractivity contribution in [1.29, 1.82) is 0 Å². The van der Waals surface area contributed by atoms with Crippen LogP contribution in [-0.2, 0) is 4.74 Å². The Morgan fingerprint density at radius 1 is 1.26 bits per heavy atom. The number of pyridine rings is 1. The Labute approximate surface area is 158 Å². The highest BCUT2D eigenvalue weighted by atomic mass is 16.6. The van der Waals surface area contributed by atoms with Crippen LogP contribution >= 0.6 is 0 Å². The molecule has 1 fully saturated rings. The number of aromatic nitrogens is 3. The first-order valence-corrected chi connectivity index (χ1v) is 9.00. The normalized spacial score (nSPS) is 15.6. The molecule has 0 spiro atoms. The monoisotopic (exact) mass is 371 g/mol. The lowest BCUT2D eigenvalue weighted by molar-refractivity contribution is 0.0184. The highest BCUT2D eigenvalue weighted by Gasteiger charge is 2.27. The second-order valence-electron chi connectivity index (χ2n) is 7.72. The van der Waals surface area contributed by atoms with Crippen molar-refractivity contribution in [2.24, 2.45) is 0 Å². The van der Waals surface area contributed by atoms with Crippen LogP contribution in [0.5, 0.6) is 0 Å². The van der Waals surface area contributed by atoms with E-state index in [1.807, 2.05) is 31.6 Å². The molecule has 27 heavy (non-hydrogen) atoms. The van der Waals surface area contributed by atoms with Crippen LogP contribution < -0.4 is 5.73 Å². The van der Waals surface area contributed by atoms with E-state index in [0.29, 0.717) is 24.9 Å². The number of hydrogen-bond acceptors (Lipinski definition) is 6. The fraction of sp³-hybridized carbons (Fsp3) is 0.474. The number of carbonyl (C=O) groups excluding carboxylic acids is 2. The third kappa shape index (κ3) is 4.45. The van der Waals surface area contributed by atoms with Gasteiger partial charge in [-0.3, -0.25) is 9.48 Å². The minimum Gasteiger partial charge on any atom is -0.444 e. The largest absolute Gasteiger partial charge is 0.444 e. The van der Waals surface area contributed by atoms with E-state index in [0.717, 1.165) is 24.0 Å². The maximum absolute atomic E-state index is 12.2. The van der Waals surface area contributed by atoms with Crippen molar-refractivity contribution in [3.05, 3.63) is 30.2 Å². The van der Waals surface area contributed by atoms with Crippen molar-refractivity contribution in [2.45, 2.75) is 45.3 Å². The van der Waals surface area contributed by atoms with Crippen molar-refractivity contribution in [3.8, 4) is 11.1 Å². The van der Waals surface area contributed by atoms with Crippen LogP contribution in [0, 0.1) is 0 Å². The Morgan fingerprint density at radius 3 is 2.59 bits per heavy atom. The lowest BCUT2D eigenvalue weighted by atomic mass is 10.1. The highest BCUT2D eigenvalue weighted by molar-refractivity contribution is 5.84. The Kier molecular flexibility index (Phi) is 5.16. The van der Waals surface area contributed by atoms with Gasteiger partial charge >= 0.3 is 6.09 Å². The summed E-state index contributed by atoms with van der Waals surface area (Å²) >= 11 is 0. The molecule has 0 unspecified atom stereocenters. The number of aldehydes is 1. The quantitative estimate of drug-likeness (QED) is 0.832. The van der Waals surface area contributed by atoms with Crippen molar-refractivity contribution in [3.63, 3.8) is 0 Å². The predicted octanol–water partition coefficient (Wildman–Crippen LogP) is 2.91. The molecule has 0 aliphatic carbocycles. The second kappa shape index (κ2) is 7.38. The summed E-state index contributed by atoms with van der Waals surface area (Å²) in [5, 5.41) is 4.46. The molecule has 1 aliphatic heterocycles. The van der Waals surface area contributed by atoms with E-state index >= 15 is 0 Å². The van der Waals surface area contributed by atoms with Gasteiger partial charge in [-0.05, 0) is 39.7 Å². The number of piperidine rings is 1. The summed E-state index contributed by atoms with van der Waals surface area (Å²) in [6, 6.07) is 1.92. The SMILES string of the molecule is CC(C)(C)OC(=O)N1CCC(n2cc(-c3cnc(N)c(C=O)c3)cn2)CC1. The third-order valence-corrected chi connectivity index (χ3v) is 4.50. The molecular formula is C19H25N5O3. The van der Waals surface area contributed by atoms with Crippen LogP contribution in [0.15, 0.2) is 24.7 Å². The molecule has 3 heterocycles. The molecule has 0 radical (unpaired) electrons. The average Bonchev–Trinajstić information content (AvgIpc) is 3.11. The standard InChI is InChI=1S/C19H25N5O3/c1-19(2,3)27-18(26)23-6-4-16(5-7-23)24-11-15(10-22-24)13-8-14(12-25)17(20)21-9-13/h8-12,16H,4-7H2,1-3H3,(H2,20,21). The number of nitrogen functional groups attached to an aromatic ring is 1. The summed E-state index contributed by atoms with van der Waals surface area (Å²) in [5.74, 6) is 0.218. The van der Waals surface area contributed by atoms with E-state index in [9.17, 15) is 9.59 Å². The summed E-state index contributed by atoms with van der Waals surface area (Å²) in [6.07, 6.45) is 7.37. The van der Waals surface area contributed by atoms with E-state index in [4.69, 9.17) is 10.5 Å². The smallest absolute Gasteiger partial charge is 0.410 e. The minimum atomic E-state index is -0.488. The van der Waals surface area contributed by atoms with Gasteiger partial charge in [-0.25, -0.2) is 9.78 Å². The van der Waals surface area contributed by atoms with Gasteiger partial charge in [0, 0.05) is 36.6 Å². The molecule has 1 aliphatic rings. The van der Waals surface area contributed by atoms with Gasteiger partial charge < -0.3 is 15.4 Å². The van der Waals surface area contributed by atoms with Gasteiger partial charge in [0.1, 0.15) is 11.4 Å². The summed E-state index contributed by atoms with van der Waals surface area (Å²) in [6.45, 7) is 6.86. The molecule has 2 aromatic rings. The molecule has 2 aromatic heterocycles. The first-order valence-electron chi connectivity index (χ1n) is 9.00. The number of amides is 1. The topological polar surface area (TPSA) is 103 Å². The molecule has 8 heteroatoms. The molecule has 0 atom stereocenters. The van der Waals surface area contributed by atoms with Gasteiger partial charge in [-0.2, -0.15) is 5.10 Å². The van der Waals surface area contributed by atoms with Gasteiger partial charge in [-0.1, -0.05) is 0 Å². The summed E-state index contributed by atoms with van der Waals surface area (Å²) in [7, 11) is 0. The van der Waals surface area contributed by atoms with Crippen LogP contribution in [0.1, 0.15) is 50.0 Å². The zero-order valence-electron chi connectivity index (χ0n) is 15.9. The molecule has 0 aromatic carbocycles. The molecule has 0 bridgehead atoms. The van der Waals surface area contributed by atoms with Gasteiger partial charge in [-0.15, -0.1) is 0 Å². The van der Waals surface area contributed by atoms with Gasteiger partial charge in [0.2, 0.25) is 0 Å². The first kappa shape index (κ1) is 18.9. The lowest BCUT2D eigenvalue weighted by Crippen LogP contribution is -2.42. The molecule has 144 valence electrons. The molecule has 1 amide bonds. The molecule has 1 saturated heterocycles. The number of anilines is 1. The third-order valence-electron chi connectivity index (χ3n) is 4.50. The Balaban J connectivity index is 1.65. The zero-order chi connectivity index (χ0) is 19.6. The van der Waals surface area contributed by atoms with Gasteiger partial charge in [0.25, 0.3) is 0 Å². The van der Waals surface area contributed by atoms with Crippen LogP contribution in [0.25, 0.3) is 11.1 Å². The molecule has 2 N–H and O–H groups in total. The maximum Gasteiger partial charge on any atom is 0.410 e. The second-order valence-corrected chi connectivity index (χ2v) is 7.72. The molecular weight excluding hydrogens is 346 g/mol. The highest BCUT2D eigenvalue weighted by Crippen LogP contribution is 2.27. The average molecular weight is 371 g/mol. The van der Waals surface area contributed by atoms with E-state index in [-0.39, 0.29) is 18.0 Å². The molecule has 3 rings (SSSR count). The number of rotatable bonds is 3. The van der Waals surface area contributed by atoms with E-state index in [1.54, 1.807) is 23.4 Å². The van der Waals surface area contributed by atoms with Gasteiger partial charge in [0.05, 0.1) is 17.8 Å². The minimum absolute atomic E-state index is 0.213. The van der Waals surface area contributed by atoms with Crippen LogP contribution in [0.2, 0.25) is 0 Å². The predicted molar refractivity (Wildman–Crippen MR) is 101 cm³/mol. The van der Waals surface area contributed by atoms with E-state index in [1.165, 1.54) is 0 Å². The fourth-order valence-corrected chi connectivity index (χ4v) is 3.07. The lowest BCUT2D eigenvalue weighted by Gasteiger charge is -2.33. The number of hydrogen-bond donors (Lipinski definition) is 1. The Bertz CT molecular complexity index is 832.